The first kappa shape index (κ1) is 30.0. The average Bonchev–Trinajstić information content (AvgIpc) is 3.34. The number of aliphatic imine (C=N–C) groups is 1. The van der Waals surface area contributed by atoms with Gasteiger partial charge in [0.2, 0.25) is 0 Å². The van der Waals surface area contributed by atoms with E-state index >= 15 is 0 Å². The Morgan fingerprint density at radius 2 is 2.05 bits per heavy atom. The molecular weight excluding hydrogens is 532 g/mol. The second-order valence-electron chi connectivity index (χ2n) is 14.1. The SMILES string of the molecule is CN=C(N)[NH+]1CC[C@H](CNCCO)[C@@]2(C1)[C@@H]1CC[C@@H](C)[C@]23C[C@](O)(CO[C@@H]2CCC[C@@H]4C=CC=C[C@H]42)C(C(=O)[O-])=C3C1. The molecule has 1 saturated heterocycles. The second kappa shape index (κ2) is 11.5. The van der Waals surface area contributed by atoms with Crippen molar-refractivity contribution in [3.05, 3.63) is 35.5 Å². The molecule has 2 bridgehead atoms. The number of guanidine groups is 1. The lowest BCUT2D eigenvalue weighted by Gasteiger charge is -2.60. The summed E-state index contributed by atoms with van der Waals surface area (Å²) in [5.74, 6) is 0.766. The maximum Gasteiger partial charge on any atom is 0.293 e. The number of aliphatic hydroxyl groups is 2. The molecule has 0 aromatic heterocycles. The zero-order chi connectivity index (χ0) is 29.7. The molecule has 3 saturated carbocycles. The van der Waals surface area contributed by atoms with Crippen molar-refractivity contribution in [2.45, 2.75) is 70.0 Å². The minimum Gasteiger partial charge on any atom is -0.545 e. The molecule has 9 nitrogen and oxygen atoms in total. The van der Waals surface area contributed by atoms with Crippen LogP contribution in [-0.2, 0) is 9.53 Å². The Hall–Kier alpha value is -2.04. The van der Waals surface area contributed by atoms with Crippen LogP contribution in [-0.4, -0.2) is 80.3 Å². The maximum atomic E-state index is 13.0. The third kappa shape index (κ3) is 4.45. The van der Waals surface area contributed by atoms with Crippen molar-refractivity contribution in [3.8, 4) is 0 Å². The number of hydrogen-bond donors (Lipinski definition) is 5. The van der Waals surface area contributed by atoms with Crippen LogP contribution in [0.1, 0.15) is 58.3 Å². The van der Waals surface area contributed by atoms with Crippen LogP contribution in [0.5, 0.6) is 0 Å². The summed E-state index contributed by atoms with van der Waals surface area (Å²) in [5.41, 5.74) is 5.11. The standard InChI is InChI=1S/C33H50N4O5/c1-21-10-11-23-16-26-28(29(39)40)31(41,20-42-27-9-5-7-22-6-3-4-8-25(22)27)18-32(21,26)33(23)19-37(30(34)35-2)14-12-24(33)17-36-13-15-38/h3-4,6,8,21-25,27,36,38,41H,5,7,9-20H2,1-2H3,(H2,34,35)(H,39,40)/t21-,22+,23-,24-,25-,27-,31+,32+,33-/m1/s1. The summed E-state index contributed by atoms with van der Waals surface area (Å²) in [6.45, 7) is 5.20. The first-order valence-electron chi connectivity index (χ1n) is 16.2. The van der Waals surface area contributed by atoms with E-state index in [1.54, 1.807) is 7.05 Å². The van der Waals surface area contributed by atoms with Crippen LogP contribution in [0.15, 0.2) is 40.4 Å². The number of carboxylic acids is 1. The van der Waals surface area contributed by atoms with Gasteiger partial charge in [0.05, 0.1) is 38.4 Å². The Morgan fingerprint density at radius 1 is 1.24 bits per heavy atom. The third-order valence-corrected chi connectivity index (χ3v) is 12.5. The normalized spacial score (nSPS) is 44.5. The molecule has 9 heteroatoms. The fourth-order valence-corrected chi connectivity index (χ4v) is 10.9. The number of carbonyl (C=O) groups excluding carboxylic acids is 1. The van der Waals surface area contributed by atoms with Crippen LogP contribution in [0.2, 0.25) is 0 Å². The van der Waals surface area contributed by atoms with Crippen LogP contribution in [0.3, 0.4) is 0 Å². The number of nitrogens with zero attached hydrogens (tertiary/aromatic N) is 1. The van der Waals surface area contributed by atoms with Crippen molar-refractivity contribution in [1.29, 1.82) is 0 Å². The summed E-state index contributed by atoms with van der Waals surface area (Å²) in [5, 5.41) is 38.5. The lowest BCUT2D eigenvalue weighted by Crippen LogP contribution is -3.19. The lowest BCUT2D eigenvalue weighted by atomic mass is 9.45. The number of nitrogens with one attached hydrogen (secondary N) is 2. The van der Waals surface area contributed by atoms with Crippen LogP contribution in [0, 0.1) is 40.4 Å². The number of likely N-dealkylation sites (tertiary alicyclic amines) is 1. The molecule has 0 amide bonds. The molecule has 1 aliphatic heterocycles. The summed E-state index contributed by atoms with van der Waals surface area (Å²) >= 11 is 0. The number of hydrogen-bond acceptors (Lipinski definition) is 7. The number of allylic oxidation sites excluding steroid dienone is 4. The number of carboxylic acid groups (broad SMARTS) is 1. The Labute approximate surface area is 250 Å². The van der Waals surface area contributed by atoms with Gasteiger partial charge in [-0.2, -0.15) is 0 Å². The molecule has 232 valence electrons. The fraction of sp³-hybridized carbons (Fsp3) is 0.758. The number of ether oxygens (including phenoxy) is 1. The zero-order valence-corrected chi connectivity index (χ0v) is 25.3. The molecule has 4 fully saturated rings. The van der Waals surface area contributed by atoms with Gasteiger partial charge in [0.25, 0.3) is 5.96 Å². The van der Waals surface area contributed by atoms with Crippen molar-refractivity contribution in [1.82, 2.24) is 5.32 Å². The topological polar surface area (TPSA) is 145 Å². The average molecular weight is 583 g/mol. The van der Waals surface area contributed by atoms with Crippen molar-refractivity contribution in [2.24, 2.45) is 51.1 Å². The maximum absolute atomic E-state index is 13.0. The van der Waals surface area contributed by atoms with Gasteiger partial charge < -0.3 is 35.9 Å². The Balaban J connectivity index is 1.39. The van der Waals surface area contributed by atoms with Gasteiger partial charge in [0, 0.05) is 42.3 Å². The van der Waals surface area contributed by atoms with Gasteiger partial charge in [0.1, 0.15) is 5.60 Å². The van der Waals surface area contributed by atoms with Crippen LogP contribution in [0.4, 0.5) is 0 Å². The summed E-state index contributed by atoms with van der Waals surface area (Å²) in [4.78, 5) is 18.5. The van der Waals surface area contributed by atoms with E-state index in [2.05, 4.69) is 41.5 Å². The number of carbonyl (C=O) groups is 1. The highest BCUT2D eigenvalue weighted by Crippen LogP contribution is 2.76. The quantitative estimate of drug-likeness (QED) is 0.153. The zero-order valence-electron chi connectivity index (χ0n) is 25.3. The summed E-state index contributed by atoms with van der Waals surface area (Å²) in [6, 6.07) is 0. The van der Waals surface area contributed by atoms with E-state index in [0.29, 0.717) is 37.2 Å². The van der Waals surface area contributed by atoms with E-state index in [1.165, 1.54) is 0 Å². The molecule has 10 atom stereocenters. The number of nitrogens with two attached hydrogens (primary N) is 1. The monoisotopic (exact) mass is 582 g/mol. The summed E-state index contributed by atoms with van der Waals surface area (Å²) in [6.07, 6.45) is 15.7. The number of rotatable bonds is 8. The Morgan fingerprint density at radius 3 is 2.81 bits per heavy atom. The van der Waals surface area contributed by atoms with Crippen molar-refractivity contribution < 1.29 is 29.8 Å². The Kier molecular flexibility index (Phi) is 8.19. The van der Waals surface area contributed by atoms with Crippen LogP contribution >= 0.6 is 0 Å². The largest absolute Gasteiger partial charge is 0.545 e. The molecule has 0 aromatic carbocycles. The summed E-state index contributed by atoms with van der Waals surface area (Å²) in [7, 11) is 1.73. The molecule has 5 aliphatic carbocycles. The van der Waals surface area contributed by atoms with E-state index in [4.69, 9.17) is 10.5 Å². The molecule has 0 radical (unpaired) electrons. The summed E-state index contributed by atoms with van der Waals surface area (Å²) < 4.78 is 6.57. The van der Waals surface area contributed by atoms with E-state index in [9.17, 15) is 20.1 Å². The molecule has 1 unspecified atom stereocenters. The number of quaternary nitrogens is 1. The lowest BCUT2D eigenvalue weighted by molar-refractivity contribution is -0.828. The highest BCUT2D eigenvalue weighted by Gasteiger charge is 2.75. The number of aliphatic carboxylic acids is 1. The van der Waals surface area contributed by atoms with Crippen molar-refractivity contribution in [2.75, 3.05) is 46.4 Å². The number of aliphatic hydroxyl groups excluding tert-OH is 1. The highest BCUT2D eigenvalue weighted by atomic mass is 16.5. The smallest absolute Gasteiger partial charge is 0.293 e. The predicted molar refractivity (Wildman–Crippen MR) is 158 cm³/mol. The minimum absolute atomic E-state index is 0.0248. The molecule has 2 spiro atoms. The molecular formula is C33H50N4O5. The molecule has 42 heavy (non-hydrogen) atoms. The first-order valence-corrected chi connectivity index (χ1v) is 16.2. The molecule has 0 aromatic rings. The molecule has 6 aliphatic rings. The van der Waals surface area contributed by atoms with Gasteiger partial charge >= 0.3 is 0 Å². The van der Waals surface area contributed by atoms with Crippen LogP contribution in [0.25, 0.3) is 0 Å². The van der Waals surface area contributed by atoms with E-state index in [1.807, 2.05) is 0 Å². The predicted octanol–water partition coefficient (Wildman–Crippen LogP) is -0.0510. The van der Waals surface area contributed by atoms with Gasteiger partial charge in [-0.25, -0.2) is 4.99 Å². The van der Waals surface area contributed by atoms with E-state index < -0.39 is 17.0 Å². The van der Waals surface area contributed by atoms with E-state index in [0.717, 1.165) is 68.6 Å². The molecule has 6 N–H and O–H groups in total. The first-order chi connectivity index (χ1) is 20.2. The molecule has 1 heterocycles. The van der Waals surface area contributed by atoms with Gasteiger partial charge in [-0.3, -0.25) is 4.90 Å². The van der Waals surface area contributed by atoms with Crippen molar-refractivity contribution in [3.63, 3.8) is 0 Å². The van der Waals surface area contributed by atoms with Gasteiger partial charge in [-0.05, 0) is 68.7 Å². The van der Waals surface area contributed by atoms with Crippen LogP contribution < -0.4 is 21.1 Å². The molecule has 6 rings (SSSR count). The van der Waals surface area contributed by atoms with Gasteiger partial charge in [-0.1, -0.05) is 43.2 Å². The van der Waals surface area contributed by atoms with Gasteiger partial charge in [-0.15, -0.1) is 0 Å². The van der Waals surface area contributed by atoms with E-state index in [-0.39, 0.29) is 48.1 Å². The highest BCUT2D eigenvalue weighted by molar-refractivity contribution is 5.90. The van der Waals surface area contributed by atoms with Gasteiger partial charge in [0.15, 0.2) is 0 Å². The third-order valence-electron chi connectivity index (χ3n) is 12.5. The Bertz CT molecular complexity index is 1180. The second-order valence-corrected chi connectivity index (χ2v) is 14.1. The minimum atomic E-state index is -1.61. The number of fused-ring (bicyclic) bond motifs is 1. The fourth-order valence-electron chi connectivity index (χ4n) is 10.9. The number of piperidine rings is 1. The van der Waals surface area contributed by atoms with Crippen molar-refractivity contribution >= 4 is 11.9 Å².